The fourth-order valence-corrected chi connectivity index (χ4v) is 0.925. The Balaban J connectivity index is 0.000000368. The van der Waals surface area contributed by atoms with E-state index >= 15 is 0 Å². The van der Waals surface area contributed by atoms with Crippen LogP contribution in [0.1, 0.15) is 33.6 Å². The summed E-state index contributed by atoms with van der Waals surface area (Å²) >= 11 is 0. The van der Waals surface area contributed by atoms with Crippen molar-refractivity contribution in [1.82, 2.24) is 0 Å². The molecule has 0 aromatic heterocycles. The van der Waals surface area contributed by atoms with E-state index in [1.54, 1.807) is 13.0 Å². The fourth-order valence-electron chi connectivity index (χ4n) is 0.925. The maximum atomic E-state index is 9.49. The van der Waals surface area contributed by atoms with Gasteiger partial charge in [0.2, 0.25) is 0 Å². The first-order valence-electron chi connectivity index (χ1n) is 5.38. The third-order valence-corrected chi connectivity index (χ3v) is 1.99. The summed E-state index contributed by atoms with van der Waals surface area (Å²) in [6.45, 7) is 10.6. The Morgan fingerprint density at radius 1 is 1.38 bits per heavy atom. The van der Waals surface area contributed by atoms with Gasteiger partial charge in [-0.15, -0.1) is 6.58 Å². The highest BCUT2D eigenvalue weighted by atomic mass is 17.5. The predicted molar refractivity (Wildman–Crippen MR) is 62.5 cm³/mol. The predicted octanol–water partition coefficient (Wildman–Crippen LogP) is 2.55. The molecule has 1 heterocycles. The molecule has 4 nitrogen and oxygen atoms in total. The number of aliphatic hydroxyl groups is 1. The van der Waals surface area contributed by atoms with Crippen molar-refractivity contribution in [1.29, 1.82) is 0 Å². The van der Waals surface area contributed by atoms with Gasteiger partial charge in [0, 0.05) is 0 Å². The summed E-state index contributed by atoms with van der Waals surface area (Å²) in [7, 11) is 0. The van der Waals surface area contributed by atoms with Gasteiger partial charge in [-0.2, -0.15) is 0 Å². The first-order chi connectivity index (χ1) is 7.48. The van der Waals surface area contributed by atoms with E-state index < -0.39 is 5.60 Å². The molecule has 4 heteroatoms. The van der Waals surface area contributed by atoms with E-state index in [9.17, 15) is 5.11 Å². The van der Waals surface area contributed by atoms with E-state index in [-0.39, 0.29) is 0 Å². The normalized spacial score (nSPS) is 18.0. The second-order valence-electron chi connectivity index (χ2n) is 4.09. The Morgan fingerprint density at radius 2 is 1.94 bits per heavy atom. The Kier molecular flexibility index (Phi) is 8.11. The molecule has 1 aliphatic rings. The van der Waals surface area contributed by atoms with Crippen LogP contribution in [0.3, 0.4) is 0 Å². The van der Waals surface area contributed by atoms with Crippen molar-refractivity contribution >= 4 is 0 Å². The maximum Gasteiger partial charge on any atom is 0.112 e. The third kappa shape index (κ3) is 9.86. The van der Waals surface area contributed by atoms with Crippen LogP contribution in [0.4, 0.5) is 0 Å². The Hall–Kier alpha value is -0.680. The van der Waals surface area contributed by atoms with Gasteiger partial charge in [0.1, 0.15) is 13.2 Å². The lowest BCUT2D eigenvalue weighted by molar-refractivity contribution is -0.452. The lowest BCUT2D eigenvalue weighted by Crippen LogP contribution is -2.19. The fraction of sp³-hybridized carbons (Fsp3) is 0.667. The van der Waals surface area contributed by atoms with E-state index in [1.807, 2.05) is 0 Å². The molecule has 0 saturated carbocycles. The summed E-state index contributed by atoms with van der Waals surface area (Å²) in [5, 5.41) is 13.4. The van der Waals surface area contributed by atoms with Gasteiger partial charge in [0.05, 0.1) is 5.60 Å². The van der Waals surface area contributed by atoms with Crippen molar-refractivity contribution in [3.05, 3.63) is 24.3 Å². The van der Waals surface area contributed by atoms with E-state index in [0.717, 1.165) is 12.8 Å². The minimum absolute atomic E-state index is 0.556. The highest BCUT2D eigenvalue weighted by Crippen LogP contribution is 2.13. The summed E-state index contributed by atoms with van der Waals surface area (Å²) in [6, 6.07) is 0. The van der Waals surface area contributed by atoms with Crippen molar-refractivity contribution in [3.8, 4) is 0 Å². The second kappa shape index (κ2) is 8.47. The van der Waals surface area contributed by atoms with Crippen LogP contribution in [0.15, 0.2) is 24.3 Å². The van der Waals surface area contributed by atoms with Gasteiger partial charge < -0.3 is 5.11 Å². The van der Waals surface area contributed by atoms with Crippen molar-refractivity contribution in [3.63, 3.8) is 0 Å². The average Bonchev–Trinajstić information content (AvgIpc) is 2.74. The average molecular weight is 230 g/mol. The Morgan fingerprint density at radius 3 is 2.25 bits per heavy atom. The lowest BCUT2D eigenvalue weighted by atomic mass is 10.00. The minimum atomic E-state index is -0.702. The van der Waals surface area contributed by atoms with Gasteiger partial charge in [-0.3, -0.25) is 0 Å². The molecule has 0 radical (unpaired) electrons. The molecule has 1 unspecified atom stereocenters. The van der Waals surface area contributed by atoms with Gasteiger partial charge >= 0.3 is 0 Å². The van der Waals surface area contributed by atoms with Gasteiger partial charge in [-0.25, -0.2) is 9.78 Å². The summed E-state index contributed by atoms with van der Waals surface area (Å²) in [5.41, 5.74) is 0.594. The Bertz CT molecular complexity index is 205. The van der Waals surface area contributed by atoms with Crippen LogP contribution in [0, 0.1) is 0 Å². The molecule has 0 aliphatic carbocycles. The largest absolute Gasteiger partial charge is 0.386 e. The molecule has 0 aromatic rings. The molecule has 1 fully saturated rings. The molecule has 0 amide bonds. The van der Waals surface area contributed by atoms with Crippen LogP contribution < -0.4 is 0 Å². The molecule has 0 aromatic carbocycles. The number of hydrogen-bond acceptors (Lipinski definition) is 4. The van der Waals surface area contributed by atoms with E-state index in [2.05, 4.69) is 41.3 Å². The van der Waals surface area contributed by atoms with E-state index in [1.165, 1.54) is 5.57 Å². The first-order valence-corrected chi connectivity index (χ1v) is 5.38. The van der Waals surface area contributed by atoms with Crippen LogP contribution in [0.2, 0.25) is 0 Å². The maximum absolute atomic E-state index is 9.49. The quantitative estimate of drug-likeness (QED) is 0.595. The van der Waals surface area contributed by atoms with Crippen LogP contribution in [0.25, 0.3) is 0 Å². The summed E-state index contributed by atoms with van der Waals surface area (Å²) in [6.07, 6.45) is 5.38. The van der Waals surface area contributed by atoms with Crippen LogP contribution in [0.5, 0.6) is 0 Å². The molecule has 0 bridgehead atoms. The third-order valence-electron chi connectivity index (χ3n) is 1.99. The smallest absolute Gasteiger partial charge is 0.112 e. The zero-order valence-corrected chi connectivity index (χ0v) is 10.4. The first kappa shape index (κ1) is 15.3. The van der Waals surface area contributed by atoms with Crippen molar-refractivity contribution < 1.29 is 19.9 Å². The molecule has 1 aliphatic heterocycles. The van der Waals surface area contributed by atoms with Gasteiger partial charge in [-0.05, 0) is 33.6 Å². The van der Waals surface area contributed by atoms with Crippen molar-refractivity contribution in [2.45, 2.75) is 39.2 Å². The molecule has 0 spiro atoms. The molecule has 94 valence electrons. The molecule has 1 N–H and O–H groups in total. The number of rotatable bonds is 4. The van der Waals surface area contributed by atoms with Gasteiger partial charge in [0.15, 0.2) is 0 Å². The topological polar surface area (TPSA) is 47.9 Å². The SMILES string of the molecule is C1COOO1.C=CC(C)(O)CCC=C(C)C. The molecular formula is C12H22O4. The van der Waals surface area contributed by atoms with E-state index in [4.69, 9.17) is 0 Å². The second-order valence-corrected chi connectivity index (χ2v) is 4.09. The molecular weight excluding hydrogens is 208 g/mol. The van der Waals surface area contributed by atoms with Gasteiger partial charge in [-0.1, -0.05) is 22.8 Å². The highest BCUT2D eigenvalue weighted by molar-refractivity contribution is 4.97. The zero-order valence-electron chi connectivity index (χ0n) is 10.4. The molecule has 1 rings (SSSR count). The van der Waals surface area contributed by atoms with Crippen LogP contribution >= 0.6 is 0 Å². The zero-order chi connectivity index (χ0) is 12.4. The lowest BCUT2D eigenvalue weighted by Gasteiger charge is -2.16. The molecule has 1 saturated heterocycles. The molecule has 16 heavy (non-hydrogen) atoms. The summed E-state index contributed by atoms with van der Waals surface area (Å²) in [5.74, 6) is 0. The van der Waals surface area contributed by atoms with Crippen LogP contribution in [-0.2, 0) is 14.8 Å². The number of allylic oxidation sites excluding steroid dienone is 2. The van der Waals surface area contributed by atoms with Crippen molar-refractivity contribution in [2.75, 3.05) is 13.2 Å². The van der Waals surface area contributed by atoms with E-state index in [0.29, 0.717) is 13.2 Å². The standard InChI is InChI=1S/C10H18O.C2H4O3/c1-5-10(4,11)8-6-7-9(2)3;1-2-4-5-3-1/h5,7,11H,1,6,8H2,2-4H3;1-2H2. The number of hydrogen-bond donors (Lipinski definition) is 1. The molecule has 1 atom stereocenters. The summed E-state index contributed by atoms with van der Waals surface area (Å²) < 4.78 is 0. The Labute approximate surface area is 97.4 Å². The van der Waals surface area contributed by atoms with Crippen molar-refractivity contribution in [2.24, 2.45) is 0 Å². The summed E-state index contributed by atoms with van der Waals surface area (Å²) in [4.78, 5) is 8.44. The monoisotopic (exact) mass is 230 g/mol. The minimum Gasteiger partial charge on any atom is -0.386 e. The van der Waals surface area contributed by atoms with Crippen LogP contribution in [-0.4, -0.2) is 23.9 Å². The highest BCUT2D eigenvalue weighted by Gasteiger charge is 2.12. The van der Waals surface area contributed by atoms with Gasteiger partial charge in [0.25, 0.3) is 0 Å².